The van der Waals surface area contributed by atoms with Gasteiger partial charge in [-0.25, -0.2) is 4.39 Å². The molecule has 3 rings (SSSR count). The van der Waals surface area contributed by atoms with Gasteiger partial charge in [0, 0.05) is 22.8 Å². The number of benzene rings is 2. The van der Waals surface area contributed by atoms with Crippen molar-refractivity contribution in [1.82, 2.24) is 0 Å². The highest BCUT2D eigenvalue weighted by Gasteiger charge is 2.11. The van der Waals surface area contributed by atoms with Gasteiger partial charge in [0.05, 0.1) is 0 Å². The predicted octanol–water partition coefficient (Wildman–Crippen LogP) is 3.97. The lowest BCUT2D eigenvalue weighted by molar-refractivity contribution is 0.171. The molecular weight excluding hydrogens is 325 g/mol. The van der Waals surface area contributed by atoms with Crippen LogP contribution in [0.2, 0.25) is 0 Å². The van der Waals surface area contributed by atoms with E-state index >= 15 is 0 Å². The van der Waals surface area contributed by atoms with E-state index < -0.39 is 0 Å². The Morgan fingerprint density at radius 2 is 1.85 bits per heavy atom. The molecule has 0 amide bonds. The summed E-state index contributed by atoms with van der Waals surface area (Å²) in [5.74, 6) is 1.25. The fourth-order valence-corrected chi connectivity index (χ4v) is 2.58. The Bertz CT molecular complexity index is 613. The van der Waals surface area contributed by atoms with Crippen LogP contribution in [0.5, 0.6) is 11.5 Å². The van der Waals surface area contributed by atoms with Crippen molar-refractivity contribution in [3.8, 4) is 11.5 Å². The highest BCUT2D eigenvalue weighted by Crippen LogP contribution is 2.32. The summed E-state index contributed by atoms with van der Waals surface area (Å²) in [5.41, 5.74) is 1.78. The second-order valence-corrected chi connectivity index (χ2v) is 5.41. The van der Waals surface area contributed by atoms with Crippen LogP contribution in [0.3, 0.4) is 0 Å². The topological polar surface area (TPSA) is 30.5 Å². The van der Waals surface area contributed by atoms with Crippen LogP contribution < -0.4 is 14.8 Å². The van der Waals surface area contributed by atoms with E-state index in [2.05, 4.69) is 21.2 Å². The fourth-order valence-electron chi connectivity index (χ4n) is 2.07. The summed E-state index contributed by atoms with van der Waals surface area (Å²) in [6, 6.07) is 10.5. The molecule has 0 unspecified atom stereocenters. The summed E-state index contributed by atoms with van der Waals surface area (Å²) >= 11 is 3.28. The molecule has 0 atom stereocenters. The standard InChI is InChI=1S/C15H13BrFNO2/c16-11-5-10(6-12(17)7-11)9-18-13-1-2-14-15(8-13)20-4-3-19-14/h1-2,5-8,18H,3-4,9H2. The second-order valence-electron chi connectivity index (χ2n) is 4.49. The van der Waals surface area contributed by atoms with Crippen LogP contribution in [0.15, 0.2) is 40.9 Å². The first-order valence-electron chi connectivity index (χ1n) is 6.29. The Morgan fingerprint density at radius 3 is 2.65 bits per heavy atom. The largest absolute Gasteiger partial charge is 0.486 e. The van der Waals surface area contributed by atoms with E-state index in [4.69, 9.17) is 9.47 Å². The van der Waals surface area contributed by atoms with E-state index in [1.807, 2.05) is 24.3 Å². The van der Waals surface area contributed by atoms with Crippen LogP contribution in [-0.2, 0) is 6.54 Å². The number of rotatable bonds is 3. The maximum atomic E-state index is 13.3. The molecule has 0 aliphatic carbocycles. The number of anilines is 1. The third-order valence-electron chi connectivity index (χ3n) is 2.96. The molecule has 0 spiro atoms. The van der Waals surface area contributed by atoms with Gasteiger partial charge >= 0.3 is 0 Å². The molecule has 1 aliphatic rings. The van der Waals surface area contributed by atoms with Crippen molar-refractivity contribution in [2.75, 3.05) is 18.5 Å². The first-order valence-corrected chi connectivity index (χ1v) is 7.08. The minimum Gasteiger partial charge on any atom is -0.486 e. The Labute approximate surface area is 124 Å². The van der Waals surface area contributed by atoms with Gasteiger partial charge in [-0.05, 0) is 35.9 Å². The zero-order valence-corrected chi connectivity index (χ0v) is 12.2. The summed E-state index contributed by atoms with van der Waals surface area (Å²) in [7, 11) is 0. The van der Waals surface area contributed by atoms with Crippen LogP contribution in [0, 0.1) is 5.82 Å². The van der Waals surface area contributed by atoms with E-state index in [9.17, 15) is 4.39 Å². The molecule has 2 aromatic carbocycles. The average Bonchev–Trinajstić information content (AvgIpc) is 2.44. The van der Waals surface area contributed by atoms with Crippen molar-refractivity contribution in [1.29, 1.82) is 0 Å². The summed E-state index contributed by atoms with van der Waals surface area (Å²) in [6.45, 7) is 1.68. The molecule has 20 heavy (non-hydrogen) atoms. The molecule has 0 fully saturated rings. The second kappa shape index (κ2) is 5.71. The number of hydrogen-bond donors (Lipinski definition) is 1. The van der Waals surface area contributed by atoms with Gasteiger partial charge in [0.1, 0.15) is 19.0 Å². The maximum Gasteiger partial charge on any atom is 0.163 e. The van der Waals surface area contributed by atoms with Gasteiger partial charge in [-0.1, -0.05) is 15.9 Å². The Kier molecular flexibility index (Phi) is 3.78. The molecule has 0 saturated carbocycles. The Morgan fingerprint density at radius 1 is 1.05 bits per heavy atom. The number of hydrogen-bond acceptors (Lipinski definition) is 3. The van der Waals surface area contributed by atoms with Crippen LogP contribution in [0.25, 0.3) is 0 Å². The Balaban J connectivity index is 1.71. The number of fused-ring (bicyclic) bond motifs is 1. The molecule has 1 aliphatic heterocycles. The lowest BCUT2D eigenvalue weighted by atomic mass is 10.2. The smallest absolute Gasteiger partial charge is 0.163 e. The van der Waals surface area contributed by atoms with Crippen molar-refractivity contribution in [3.63, 3.8) is 0 Å². The maximum absolute atomic E-state index is 13.3. The molecule has 2 aromatic rings. The zero-order chi connectivity index (χ0) is 13.9. The summed E-state index contributed by atoms with van der Waals surface area (Å²) in [5, 5.41) is 3.24. The molecule has 0 bridgehead atoms. The van der Waals surface area contributed by atoms with E-state index in [1.54, 1.807) is 0 Å². The highest BCUT2D eigenvalue weighted by atomic mass is 79.9. The molecule has 1 N–H and O–H groups in total. The summed E-state index contributed by atoms with van der Waals surface area (Å²) in [6.07, 6.45) is 0. The molecule has 0 aromatic heterocycles. The number of nitrogens with one attached hydrogen (secondary N) is 1. The third-order valence-corrected chi connectivity index (χ3v) is 3.42. The average molecular weight is 338 g/mol. The van der Waals surface area contributed by atoms with E-state index in [1.165, 1.54) is 12.1 Å². The third kappa shape index (κ3) is 3.04. The normalized spacial score (nSPS) is 13.1. The quantitative estimate of drug-likeness (QED) is 0.919. The van der Waals surface area contributed by atoms with Gasteiger partial charge in [0.15, 0.2) is 11.5 Å². The van der Waals surface area contributed by atoms with Gasteiger partial charge in [-0.2, -0.15) is 0 Å². The van der Waals surface area contributed by atoms with Gasteiger partial charge in [-0.3, -0.25) is 0 Å². The van der Waals surface area contributed by atoms with Gasteiger partial charge in [0.2, 0.25) is 0 Å². The summed E-state index contributed by atoms with van der Waals surface area (Å²) < 4.78 is 25.0. The molecule has 104 valence electrons. The predicted molar refractivity (Wildman–Crippen MR) is 78.9 cm³/mol. The van der Waals surface area contributed by atoms with E-state index in [0.29, 0.717) is 19.8 Å². The Hall–Kier alpha value is -1.75. The minimum absolute atomic E-state index is 0.252. The van der Waals surface area contributed by atoms with Gasteiger partial charge < -0.3 is 14.8 Å². The lowest BCUT2D eigenvalue weighted by Gasteiger charge is -2.19. The van der Waals surface area contributed by atoms with Crippen LogP contribution in [-0.4, -0.2) is 13.2 Å². The first-order chi connectivity index (χ1) is 9.70. The van der Waals surface area contributed by atoms with E-state index in [-0.39, 0.29) is 5.82 Å². The lowest BCUT2D eigenvalue weighted by Crippen LogP contribution is -2.15. The molecule has 5 heteroatoms. The highest BCUT2D eigenvalue weighted by molar-refractivity contribution is 9.10. The molecule has 3 nitrogen and oxygen atoms in total. The van der Waals surface area contributed by atoms with Gasteiger partial charge in [-0.15, -0.1) is 0 Å². The van der Waals surface area contributed by atoms with E-state index in [0.717, 1.165) is 27.2 Å². The SMILES string of the molecule is Fc1cc(Br)cc(CNc2ccc3c(c2)OCCO3)c1. The number of halogens is 2. The molecular formula is C15H13BrFNO2. The first kappa shape index (κ1) is 13.2. The monoisotopic (exact) mass is 337 g/mol. The van der Waals surface area contributed by atoms with Crippen molar-refractivity contribution in [2.24, 2.45) is 0 Å². The molecule has 1 heterocycles. The minimum atomic E-state index is -0.252. The van der Waals surface area contributed by atoms with Crippen molar-refractivity contribution in [3.05, 3.63) is 52.3 Å². The summed E-state index contributed by atoms with van der Waals surface area (Å²) in [4.78, 5) is 0. The van der Waals surface area contributed by atoms with Crippen molar-refractivity contribution >= 4 is 21.6 Å². The number of ether oxygens (including phenoxy) is 2. The van der Waals surface area contributed by atoms with Crippen LogP contribution in [0.1, 0.15) is 5.56 Å². The molecule has 0 radical (unpaired) electrons. The van der Waals surface area contributed by atoms with Crippen molar-refractivity contribution < 1.29 is 13.9 Å². The zero-order valence-electron chi connectivity index (χ0n) is 10.7. The fraction of sp³-hybridized carbons (Fsp3) is 0.200. The van der Waals surface area contributed by atoms with Crippen LogP contribution >= 0.6 is 15.9 Å². The van der Waals surface area contributed by atoms with Crippen LogP contribution in [0.4, 0.5) is 10.1 Å². The molecule has 0 saturated heterocycles. The van der Waals surface area contributed by atoms with Crippen molar-refractivity contribution in [2.45, 2.75) is 6.54 Å². The van der Waals surface area contributed by atoms with Gasteiger partial charge in [0.25, 0.3) is 0 Å².